The van der Waals surface area contributed by atoms with Crippen molar-refractivity contribution < 1.29 is 9.18 Å². The van der Waals surface area contributed by atoms with Crippen LogP contribution < -0.4 is 5.30 Å². The third-order valence-electron chi connectivity index (χ3n) is 3.00. The van der Waals surface area contributed by atoms with E-state index in [4.69, 9.17) is 0 Å². The lowest BCUT2D eigenvalue weighted by molar-refractivity contribution is -0.119. The minimum absolute atomic E-state index is 0.212. The molecule has 0 aromatic heterocycles. The van der Waals surface area contributed by atoms with Crippen LogP contribution in [0.25, 0.3) is 0 Å². The van der Waals surface area contributed by atoms with Crippen LogP contribution in [0.1, 0.15) is 51.0 Å². The van der Waals surface area contributed by atoms with E-state index >= 15 is 0 Å². The van der Waals surface area contributed by atoms with E-state index in [1.165, 1.54) is 6.07 Å². The Balaban J connectivity index is 2.88. The highest BCUT2D eigenvalue weighted by atomic mass is 31.0. The van der Waals surface area contributed by atoms with E-state index in [9.17, 15) is 9.18 Å². The Morgan fingerprint density at radius 3 is 2.65 bits per heavy atom. The zero-order valence-corrected chi connectivity index (χ0v) is 11.7. The van der Waals surface area contributed by atoms with E-state index in [2.05, 4.69) is 16.2 Å². The molecule has 94 valence electrons. The van der Waals surface area contributed by atoms with Gasteiger partial charge < -0.3 is 0 Å². The summed E-state index contributed by atoms with van der Waals surface area (Å²) in [5.74, 6) is 0.293. The van der Waals surface area contributed by atoms with Crippen molar-refractivity contribution in [3.63, 3.8) is 0 Å². The summed E-state index contributed by atoms with van der Waals surface area (Å²) in [7, 11) is 2.40. The van der Waals surface area contributed by atoms with Gasteiger partial charge in [-0.3, -0.25) is 4.79 Å². The van der Waals surface area contributed by atoms with Crippen LogP contribution in [0.5, 0.6) is 0 Å². The Kier molecular flexibility index (Phi) is 5.77. The highest BCUT2D eigenvalue weighted by molar-refractivity contribution is 7.27. The molecule has 1 nitrogen and oxygen atoms in total. The first-order valence-corrected chi connectivity index (χ1v) is 6.72. The molecule has 0 fully saturated rings. The molecule has 0 aliphatic heterocycles. The van der Waals surface area contributed by atoms with Gasteiger partial charge in [0.05, 0.1) is 0 Å². The molecule has 1 aromatic rings. The van der Waals surface area contributed by atoms with Crippen molar-refractivity contribution in [2.75, 3.05) is 0 Å². The minimum Gasteiger partial charge on any atom is -0.300 e. The molecule has 0 aliphatic rings. The van der Waals surface area contributed by atoms with Crippen molar-refractivity contribution >= 4 is 20.3 Å². The molecule has 0 amide bonds. The first-order valence-electron chi connectivity index (χ1n) is 6.15. The first kappa shape index (κ1) is 14.3. The second-order valence-electron chi connectivity index (χ2n) is 4.36. The predicted octanol–water partition coefficient (Wildman–Crippen LogP) is 3.58. The highest BCUT2D eigenvalue weighted by Crippen LogP contribution is 2.25. The minimum atomic E-state index is -0.212. The van der Waals surface area contributed by atoms with Crippen molar-refractivity contribution in [2.24, 2.45) is 0 Å². The number of rotatable bonds is 6. The average Bonchev–Trinajstić information content (AvgIpc) is 2.32. The molecule has 0 radical (unpaired) electrons. The molecular weight excluding hydrogens is 234 g/mol. The summed E-state index contributed by atoms with van der Waals surface area (Å²) in [5.41, 5.74) is 1.07. The topological polar surface area (TPSA) is 17.1 Å². The van der Waals surface area contributed by atoms with Crippen LogP contribution in [0.3, 0.4) is 0 Å². The fourth-order valence-corrected chi connectivity index (χ4v) is 2.26. The summed E-state index contributed by atoms with van der Waals surface area (Å²) in [5, 5.41) is 0.576. The molecule has 17 heavy (non-hydrogen) atoms. The van der Waals surface area contributed by atoms with Crippen LogP contribution in [0.2, 0.25) is 0 Å². The van der Waals surface area contributed by atoms with Crippen molar-refractivity contribution in [2.45, 2.75) is 45.4 Å². The predicted molar refractivity (Wildman–Crippen MR) is 73.3 cm³/mol. The number of benzene rings is 1. The lowest BCUT2D eigenvalue weighted by Crippen LogP contribution is -2.09. The fraction of sp³-hybridized carbons (Fsp3) is 0.500. The highest BCUT2D eigenvalue weighted by Gasteiger charge is 2.15. The van der Waals surface area contributed by atoms with Gasteiger partial charge in [-0.15, -0.1) is 9.24 Å². The largest absolute Gasteiger partial charge is 0.300 e. The number of Topliss-reactive ketones (excluding diaryl/α,β-unsaturated/α-hetero) is 1. The molecule has 0 saturated carbocycles. The summed E-state index contributed by atoms with van der Waals surface area (Å²) in [6.07, 6.45) is 3.15. The van der Waals surface area contributed by atoms with Gasteiger partial charge in [-0.05, 0) is 30.0 Å². The van der Waals surface area contributed by atoms with Gasteiger partial charge in [0, 0.05) is 18.1 Å². The Hall–Kier alpha value is -0.750. The molecule has 0 spiro atoms. The molecule has 1 rings (SSSR count). The lowest BCUT2D eigenvalue weighted by Gasteiger charge is -2.16. The molecule has 3 heteroatoms. The van der Waals surface area contributed by atoms with Crippen LogP contribution in [-0.4, -0.2) is 5.78 Å². The maximum absolute atomic E-state index is 13.2. The third kappa shape index (κ3) is 4.20. The third-order valence-corrected chi connectivity index (χ3v) is 3.44. The summed E-state index contributed by atoms with van der Waals surface area (Å²) in [6, 6.07) is 5.12. The van der Waals surface area contributed by atoms with Crippen LogP contribution in [0.15, 0.2) is 18.2 Å². The Morgan fingerprint density at radius 2 is 2.12 bits per heavy atom. The molecular formula is C14H20FOP. The quantitative estimate of drug-likeness (QED) is 0.709. The molecule has 0 aliphatic carbocycles. The van der Waals surface area contributed by atoms with E-state index in [1.807, 2.05) is 13.0 Å². The monoisotopic (exact) mass is 254 g/mol. The van der Waals surface area contributed by atoms with E-state index in [0.29, 0.717) is 18.1 Å². The van der Waals surface area contributed by atoms with Gasteiger partial charge >= 0.3 is 0 Å². The number of hydrogen-bond acceptors (Lipinski definition) is 1. The summed E-state index contributed by atoms with van der Waals surface area (Å²) >= 11 is 0. The number of hydrogen-bond donors (Lipinski definition) is 0. The van der Waals surface area contributed by atoms with Gasteiger partial charge in [0.15, 0.2) is 0 Å². The summed E-state index contributed by atoms with van der Waals surface area (Å²) in [6.45, 7) is 3.99. The number of halogens is 1. The van der Waals surface area contributed by atoms with Crippen molar-refractivity contribution in [3.8, 4) is 0 Å². The van der Waals surface area contributed by atoms with E-state index in [0.717, 1.165) is 18.4 Å². The molecule has 1 aromatic carbocycles. The van der Waals surface area contributed by atoms with Crippen molar-refractivity contribution in [1.29, 1.82) is 0 Å². The first-order chi connectivity index (χ1) is 8.08. The van der Waals surface area contributed by atoms with Crippen LogP contribution >= 0.6 is 9.24 Å². The van der Waals surface area contributed by atoms with Crippen LogP contribution in [0.4, 0.5) is 4.39 Å². The zero-order chi connectivity index (χ0) is 12.8. The van der Waals surface area contributed by atoms with Gasteiger partial charge in [-0.1, -0.05) is 26.3 Å². The lowest BCUT2D eigenvalue weighted by atomic mass is 9.89. The zero-order valence-electron chi connectivity index (χ0n) is 10.5. The van der Waals surface area contributed by atoms with Crippen molar-refractivity contribution in [3.05, 3.63) is 29.6 Å². The molecule has 0 heterocycles. The molecule has 0 bridgehead atoms. The molecule has 0 N–H and O–H groups in total. The van der Waals surface area contributed by atoms with E-state index in [-0.39, 0.29) is 17.5 Å². The van der Waals surface area contributed by atoms with E-state index in [1.54, 1.807) is 6.07 Å². The van der Waals surface area contributed by atoms with Gasteiger partial charge in [-0.2, -0.15) is 0 Å². The van der Waals surface area contributed by atoms with Crippen LogP contribution in [-0.2, 0) is 4.79 Å². The van der Waals surface area contributed by atoms with Gasteiger partial charge in [0.25, 0.3) is 0 Å². The Labute approximate surface area is 105 Å². The van der Waals surface area contributed by atoms with Gasteiger partial charge in [0.1, 0.15) is 11.6 Å². The fourth-order valence-electron chi connectivity index (χ4n) is 1.97. The molecule has 2 unspecified atom stereocenters. The van der Waals surface area contributed by atoms with E-state index < -0.39 is 0 Å². The molecule has 2 atom stereocenters. The van der Waals surface area contributed by atoms with Gasteiger partial charge in [-0.25, -0.2) is 4.39 Å². The number of carbonyl (C=O) groups is 1. The summed E-state index contributed by atoms with van der Waals surface area (Å²) in [4.78, 5) is 11.5. The van der Waals surface area contributed by atoms with Crippen LogP contribution in [0, 0.1) is 5.82 Å². The van der Waals surface area contributed by atoms with Crippen molar-refractivity contribution in [1.82, 2.24) is 0 Å². The maximum Gasteiger partial charge on any atom is 0.133 e. The number of ketones is 1. The number of carbonyl (C=O) groups excluding carboxylic acids is 1. The standard InChI is InChI=1S/C14H20FOP/c1-3-5-10(8-12(16)4-2)11-6-7-13(15)14(17)9-11/h6-7,9-10H,3-5,8,17H2,1-2H3. The SMILES string of the molecule is CCCC(CC(=O)CC)c1ccc(F)c(P)c1. The smallest absolute Gasteiger partial charge is 0.133 e. The average molecular weight is 254 g/mol. The maximum atomic E-state index is 13.2. The Bertz CT molecular complexity index is 390. The second-order valence-corrected chi connectivity index (χ2v) is 4.98. The summed E-state index contributed by atoms with van der Waals surface area (Å²) < 4.78 is 13.2. The second kappa shape index (κ2) is 6.86. The normalized spacial score (nSPS) is 12.5. The Morgan fingerprint density at radius 1 is 1.41 bits per heavy atom. The van der Waals surface area contributed by atoms with Gasteiger partial charge in [0.2, 0.25) is 0 Å². The molecule has 0 saturated heterocycles.